The molecular formula is C15H19ClN2O4S. The van der Waals surface area contributed by atoms with Crippen LogP contribution < -0.4 is 9.62 Å². The number of amides is 2. The molecule has 1 aliphatic rings. The molecule has 126 valence electrons. The Labute approximate surface area is 140 Å². The van der Waals surface area contributed by atoms with Gasteiger partial charge in [-0.05, 0) is 39.0 Å². The van der Waals surface area contributed by atoms with Gasteiger partial charge in [0.05, 0.1) is 27.9 Å². The van der Waals surface area contributed by atoms with E-state index in [4.69, 9.17) is 11.6 Å². The summed E-state index contributed by atoms with van der Waals surface area (Å²) in [6.45, 7) is 7.07. The molecule has 1 aromatic carbocycles. The highest BCUT2D eigenvalue weighted by atomic mass is 35.5. The monoisotopic (exact) mass is 358 g/mol. The fraction of sp³-hybridized carbons (Fsp3) is 0.467. The molecule has 1 heterocycles. The fourth-order valence-corrected chi connectivity index (χ4v) is 4.38. The predicted molar refractivity (Wildman–Crippen MR) is 89.1 cm³/mol. The lowest BCUT2D eigenvalue weighted by Crippen LogP contribution is -2.40. The highest BCUT2D eigenvalue weighted by Crippen LogP contribution is 2.31. The van der Waals surface area contributed by atoms with Gasteiger partial charge in [-0.1, -0.05) is 18.5 Å². The molecule has 0 bridgehead atoms. The summed E-state index contributed by atoms with van der Waals surface area (Å²) in [6.07, 6.45) is 0. The van der Waals surface area contributed by atoms with Gasteiger partial charge in [-0.25, -0.2) is 12.7 Å². The van der Waals surface area contributed by atoms with E-state index >= 15 is 0 Å². The van der Waals surface area contributed by atoms with E-state index < -0.39 is 27.4 Å². The number of sulfonamides is 1. The summed E-state index contributed by atoms with van der Waals surface area (Å²) in [4.78, 5) is 24.2. The average Bonchev–Trinajstić information content (AvgIpc) is 2.55. The van der Waals surface area contributed by atoms with E-state index in [-0.39, 0.29) is 27.9 Å². The number of rotatable bonds is 2. The summed E-state index contributed by atoms with van der Waals surface area (Å²) < 4.78 is 24.9. The maximum atomic E-state index is 12.2. The molecule has 1 aliphatic heterocycles. The van der Waals surface area contributed by atoms with Crippen molar-refractivity contribution < 1.29 is 18.0 Å². The van der Waals surface area contributed by atoms with Gasteiger partial charge < -0.3 is 5.32 Å². The predicted octanol–water partition coefficient (Wildman–Crippen LogP) is 2.18. The molecule has 1 atom stereocenters. The van der Waals surface area contributed by atoms with Crippen LogP contribution in [0.15, 0.2) is 18.2 Å². The highest BCUT2D eigenvalue weighted by Gasteiger charge is 2.42. The number of nitrogens with zero attached hydrogens (tertiary/aromatic N) is 1. The van der Waals surface area contributed by atoms with Crippen LogP contribution >= 0.6 is 11.6 Å². The van der Waals surface area contributed by atoms with Gasteiger partial charge in [0.25, 0.3) is 5.91 Å². The van der Waals surface area contributed by atoms with Gasteiger partial charge in [0.1, 0.15) is 0 Å². The number of carbonyl (C=O) groups is 2. The summed E-state index contributed by atoms with van der Waals surface area (Å²) in [5, 5.41) is 2.86. The van der Waals surface area contributed by atoms with Crippen molar-refractivity contribution >= 4 is 39.1 Å². The van der Waals surface area contributed by atoms with E-state index in [0.29, 0.717) is 0 Å². The van der Waals surface area contributed by atoms with Crippen LogP contribution in [0.5, 0.6) is 0 Å². The number of hydrogen-bond acceptors (Lipinski definition) is 4. The van der Waals surface area contributed by atoms with Gasteiger partial charge in [-0.2, -0.15) is 0 Å². The maximum Gasteiger partial charge on any atom is 0.253 e. The Bertz CT molecular complexity index is 768. The fourth-order valence-electron chi connectivity index (χ4n) is 2.31. The zero-order chi connectivity index (χ0) is 17.6. The van der Waals surface area contributed by atoms with Crippen LogP contribution in [-0.4, -0.2) is 31.5 Å². The minimum absolute atomic E-state index is 0.0896. The maximum absolute atomic E-state index is 12.2. The largest absolute Gasteiger partial charge is 0.347 e. The molecule has 0 aromatic heterocycles. The summed E-state index contributed by atoms with van der Waals surface area (Å²) in [5.41, 5.74) is -0.0536. The second-order valence-corrected chi connectivity index (χ2v) is 8.92. The van der Waals surface area contributed by atoms with E-state index in [1.165, 1.54) is 18.2 Å². The van der Waals surface area contributed by atoms with Crippen LogP contribution in [0.25, 0.3) is 0 Å². The van der Waals surface area contributed by atoms with Crippen LogP contribution in [0.4, 0.5) is 5.69 Å². The zero-order valence-electron chi connectivity index (χ0n) is 13.4. The molecule has 0 spiro atoms. The van der Waals surface area contributed by atoms with Crippen LogP contribution in [-0.2, 0) is 14.8 Å². The highest BCUT2D eigenvalue weighted by molar-refractivity contribution is 7.94. The van der Waals surface area contributed by atoms with Crippen LogP contribution in [0.2, 0.25) is 5.02 Å². The Morgan fingerprint density at radius 2 is 1.96 bits per heavy atom. The summed E-state index contributed by atoms with van der Waals surface area (Å²) in [5.74, 6) is -1.68. The van der Waals surface area contributed by atoms with E-state index in [1.807, 2.05) is 20.8 Å². The summed E-state index contributed by atoms with van der Waals surface area (Å²) in [7, 11) is -3.69. The minimum Gasteiger partial charge on any atom is -0.347 e. The van der Waals surface area contributed by atoms with Crippen LogP contribution in [0, 0.1) is 5.92 Å². The number of nitrogens with one attached hydrogen (secondary N) is 1. The Kier molecular flexibility index (Phi) is 4.47. The van der Waals surface area contributed by atoms with Crippen molar-refractivity contribution in [3.05, 3.63) is 28.8 Å². The first-order valence-electron chi connectivity index (χ1n) is 7.11. The number of benzene rings is 1. The molecule has 0 unspecified atom stereocenters. The Balaban J connectivity index is 2.37. The summed E-state index contributed by atoms with van der Waals surface area (Å²) >= 11 is 6.12. The molecule has 1 N–H and O–H groups in total. The second-order valence-electron chi connectivity index (χ2n) is 6.65. The first-order chi connectivity index (χ1) is 10.4. The molecule has 8 heteroatoms. The first kappa shape index (κ1) is 17.7. The van der Waals surface area contributed by atoms with Crippen molar-refractivity contribution in [2.45, 2.75) is 33.2 Å². The van der Waals surface area contributed by atoms with E-state index in [1.54, 1.807) is 6.92 Å². The standard InChI is InChI=1S/C15H19ClN2O4S/c1-9-8-23(21,22)18(14(9)20)10-5-6-11(12(16)7-10)13(19)17-15(2,3)4/h5-7,9H,8H2,1-4H3,(H,17,19)/t9-/m0/s1. The molecule has 0 saturated carbocycles. The molecule has 1 fully saturated rings. The summed E-state index contributed by atoms with van der Waals surface area (Å²) in [6, 6.07) is 4.16. The molecule has 1 saturated heterocycles. The van der Waals surface area contributed by atoms with Gasteiger partial charge in [-0.3, -0.25) is 9.59 Å². The number of carbonyl (C=O) groups excluding carboxylic acids is 2. The van der Waals surface area contributed by atoms with Crippen molar-refractivity contribution in [1.82, 2.24) is 5.32 Å². The third-order valence-corrected chi connectivity index (χ3v) is 5.46. The Morgan fingerprint density at radius 1 is 1.35 bits per heavy atom. The number of hydrogen-bond donors (Lipinski definition) is 1. The normalized spacial score (nSPS) is 20.7. The Morgan fingerprint density at radius 3 is 2.39 bits per heavy atom. The molecule has 2 rings (SSSR count). The van der Waals surface area contributed by atoms with Crippen molar-refractivity contribution in [1.29, 1.82) is 0 Å². The molecule has 2 amide bonds. The van der Waals surface area contributed by atoms with Crippen molar-refractivity contribution in [3.63, 3.8) is 0 Å². The molecule has 23 heavy (non-hydrogen) atoms. The van der Waals surface area contributed by atoms with E-state index in [2.05, 4.69) is 5.32 Å². The molecule has 6 nitrogen and oxygen atoms in total. The molecule has 0 radical (unpaired) electrons. The molecule has 1 aromatic rings. The smallest absolute Gasteiger partial charge is 0.253 e. The lowest BCUT2D eigenvalue weighted by atomic mass is 10.1. The van der Waals surface area contributed by atoms with Crippen LogP contribution in [0.3, 0.4) is 0 Å². The lowest BCUT2D eigenvalue weighted by molar-refractivity contribution is -0.119. The van der Waals surface area contributed by atoms with Gasteiger partial charge in [0.2, 0.25) is 15.9 Å². The third kappa shape index (κ3) is 3.67. The molecule has 0 aliphatic carbocycles. The van der Waals surface area contributed by atoms with Gasteiger partial charge in [-0.15, -0.1) is 0 Å². The first-order valence-corrected chi connectivity index (χ1v) is 9.10. The van der Waals surface area contributed by atoms with Gasteiger partial charge in [0.15, 0.2) is 0 Å². The lowest BCUT2D eigenvalue weighted by Gasteiger charge is -2.21. The van der Waals surface area contributed by atoms with Crippen molar-refractivity contribution in [3.8, 4) is 0 Å². The van der Waals surface area contributed by atoms with E-state index in [9.17, 15) is 18.0 Å². The SMILES string of the molecule is C[C@H]1CS(=O)(=O)N(c2ccc(C(=O)NC(C)(C)C)c(Cl)c2)C1=O. The number of halogens is 1. The molecular weight excluding hydrogens is 340 g/mol. The van der Waals surface area contributed by atoms with Gasteiger partial charge >= 0.3 is 0 Å². The second kappa shape index (κ2) is 5.79. The quantitative estimate of drug-likeness (QED) is 0.878. The van der Waals surface area contributed by atoms with E-state index in [0.717, 1.165) is 4.31 Å². The zero-order valence-corrected chi connectivity index (χ0v) is 15.0. The van der Waals surface area contributed by atoms with Crippen molar-refractivity contribution in [2.24, 2.45) is 5.92 Å². The number of anilines is 1. The average molecular weight is 359 g/mol. The van der Waals surface area contributed by atoms with Gasteiger partial charge in [0, 0.05) is 5.54 Å². The third-order valence-electron chi connectivity index (χ3n) is 3.28. The topological polar surface area (TPSA) is 83.6 Å². The van der Waals surface area contributed by atoms with Crippen LogP contribution in [0.1, 0.15) is 38.1 Å². The Hall–Kier alpha value is -1.60. The van der Waals surface area contributed by atoms with Crippen molar-refractivity contribution in [2.75, 3.05) is 10.1 Å². The minimum atomic E-state index is -3.69.